The Bertz CT molecular complexity index is 669. The van der Waals surface area contributed by atoms with Crippen molar-refractivity contribution >= 4 is 5.96 Å². The lowest BCUT2D eigenvalue weighted by atomic mass is 10.0. The van der Waals surface area contributed by atoms with Gasteiger partial charge in [-0.05, 0) is 38.0 Å². The van der Waals surface area contributed by atoms with Crippen molar-refractivity contribution in [3.63, 3.8) is 0 Å². The molecule has 134 valence electrons. The number of nitriles is 1. The van der Waals surface area contributed by atoms with Crippen LogP contribution in [0.4, 0.5) is 4.39 Å². The molecule has 2 N–H and O–H groups in total. The van der Waals surface area contributed by atoms with Crippen LogP contribution >= 0.6 is 0 Å². The second kappa shape index (κ2) is 9.19. The van der Waals surface area contributed by atoms with Gasteiger partial charge in [0.1, 0.15) is 5.82 Å². The maximum absolute atomic E-state index is 13.8. The van der Waals surface area contributed by atoms with Crippen molar-refractivity contribution < 1.29 is 4.39 Å². The van der Waals surface area contributed by atoms with E-state index in [9.17, 15) is 4.39 Å². The summed E-state index contributed by atoms with van der Waals surface area (Å²) in [6, 6.07) is 6.74. The molecule has 5 nitrogen and oxygen atoms in total. The topological polar surface area (TPSA) is 63.4 Å². The molecule has 0 saturated carbocycles. The van der Waals surface area contributed by atoms with E-state index in [1.807, 2.05) is 6.07 Å². The monoisotopic (exact) mass is 343 g/mol. The number of guanidine groups is 1. The molecule has 0 atom stereocenters. The molecule has 0 aliphatic carbocycles. The van der Waals surface area contributed by atoms with Crippen LogP contribution < -0.4 is 10.6 Å². The van der Waals surface area contributed by atoms with Crippen molar-refractivity contribution in [1.29, 1.82) is 5.26 Å². The number of hydrogen-bond donors (Lipinski definition) is 2. The summed E-state index contributed by atoms with van der Waals surface area (Å²) in [5.74, 6) is 0.329. The van der Waals surface area contributed by atoms with E-state index in [0.717, 1.165) is 32.5 Å². The van der Waals surface area contributed by atoms with Crippen LogP contribution in [0.2, 0.25) is 0 Å². The fourth-order valence-corrected chi connectivity index (χ4v) is 2.96. The number of likely N-dealkylation sites (tertiary alicyclic amines) is 1. The van der Waals surface area contributed by atoms with Crippen molar-refractivity contribution in [3.05, 3.63) is 47.3 Å². The first-order valence-electron chi connectivity index (χ1n) is 8.54. The Labute approximate surface area is 149 Å². The highest BCUT2D eigenvalue weighted by atomic mass is 19.1. The first kappa shape index (κ1) is 18.9. The third kappa shape index (κ3) is 5.87. The molecule has 0 aromatic heterocycles. The van der Waals surface area contributed by atoms with Gasteiger partial charge in [-0.25, -0.2) is 4.39 Å². The van der Waals surface area contributed by atoms with Crippen LogP contribution in [0, 0.1) is 17.1 Å². The number of nitrogens with zero attached hydrogens (tertiary/aromatic N) is 3. The number of aliphatic imine (C=N–C) groups is 1. The number of rotatable bonds is 5. The maximum atomic E-state index is 13.8. The van der Waals surface area contributed by atoms with Crippen LogP contribution in [0.15, 0.2) is 35.3 Å². The Kier molecular flexibility index (Phi) is 6.96. The highest BCUT2D eigenvalue weighted by molar-refractivity contribution is 5.80. The third-order valence-corrected chi connectivity index (χ3v) is 4.27. The van der Waals surface area contributed by atoms with Gasteiger partial charge in [-0.1, -0.05) is 12.2 Å². The second-order valence-corrected chi connectivity index (χ2v) is 6.50. The summed E-state index contributed by atoms with van der Waals surface area (Å²) >= 11 is 0. The number of benzene rings is 1. The highest BCUT2D eigenvalue weighted by Crippen LogP contribution is 2.12. The van der Waals surface area contributed by atoms with Crippen molar-refractivity contribution in [2.24, 2.45) is 4.99 Å². The molecule has 25 heavy (non-hydrogen) atoms. The SMILES string of the molecule is C=C(C)CN1CCC(NC(=NC)NCc2cc(C#N)ccc2F)CC1. The second-order valence-electron chi connectivity index (χ2n) is 6.50. The van der Waals surface area contributed by atoms with Crippen LogP contribution in [0.5, 0.6) is 0 Å². The van der Waals surface area contributed by atoms with Gasteiger partial charge in [0.25, 0.3) is 0 Å². The molecular formula is C19H26FN5. The fourth-order valence-electron chi connectivity index (χ4n) is 2.96. The van der Waals surface area contributed by atoms with Gasteiger partial charge < -0.3 is 10.6 Å². The highest BCUT2D eigenvalue weighted by Gasteiger charge is 2.19. The molecule has 0 bridgehead atoms. The van der Waals surface area contributed by atoms with Crippen LogP contribution in [-0.2, 0) is 6.54 Å². The summed E-state index contributed by atoms with van der Waals surface area (Å²) in [6.45, 7) is 9.31. The van der Waals surface area contributed by atoms with Crippen molar-refractivity contribution in [2.45, 2.75) is 32.4 Å². The molecule has 0 unspecified atom stereocenters. The van der Waals surface area contributed by atoms with Crippen molar-refractivity contribution in [1.82, 2.24) is 15.5 Å². The molecule has 1 aromatic rings. The Morgan fingerprint density at radius 3 is 2.76 bits per heavy atom. The van der Waals surface area contributed by atoms with Crippen LogP contribution in [-0.4, -0.2) is 43.6 Å². The summed E-state index contributed by atoms with van der Waals surface area (Å²) < 4.78 is 13.8. The molecule has 1 saturated heterocycles. The lowest BCUT2D eigenvalue weighted by Crippen LogP contribution is -2.48. The molecule has 0 amide bonds. The van der Waals surface area contributed by atoms with E-state index < -0.39 is 0 Å². The van der Waals surface area contributed by atoms with Crippen LogP contribution in [0.1, 0.15) is 30.9 Å². The first-order valence-corrected chi connectivity index (χ1v) is 8.54. The minimum absolute atomic E-state index is 0.287. The quantitative estimate of drug-likeness (QED) is 0.490. The average molecular weight is 343 g/mol. The molecule has 1 aliphatic rings. The lowest BCUT2D eigenvalue weighted by molar-refractivity contribution is 0.221. The minimum Gasteiger partial charge on any atom is -0.354 e. The maximum Gasteiger partial charge on any atom is 0.191 e. The molecular weight excluding hydrogens is 317 g/mol. The van der Waals surface area contributed by atoms with E-state index in [1.165, 1.54) is 17.7 Å². The van der Waals surface area contributed by atoms with E-state index in [4.69, 9.17) is 5.26 Å². The van der Waals surface area contributed by atoms with Gasteiger partial charge in [-0.3, -0.25) is 9.89 Å². The van der Waals surface area contributed by atoms with E-state index in [2.05, 4.69) is 34.0 Å². The molecule has 1 fully saturated rings. The molecule has 2 rings (SSSR count). The molecule has 1 heterocycles. The Morgan fingerprint density at radius 2 is 2.16 bits per heavy atom. The minimum atomic E-state index is -0.324. The smallest absolute Gasteiger partial charge is 0.191 e. The Morgan fingerprint density at radius 1 is 1.44 bits per heavy atom. The van der Waals surface area contributed by atoms with Gasteiger partial charge in [-0.15, -0.1) is 0 Å². The van der Waals surface area contributed by atoms with Gasteiger partial charge in [0.2, 0.25) is 0 Å². The molecule has 6 heteroatoms. The number of hydrogen-bond acceptors (Lipinski definition) is 3. The molecule has 0 radical (unpaired) electrons. The predicted molar refractivity (Wildman–Crippen MR) is 98.7 cm³/mol. The van der Waals surface area contributed by atoms with Gasteiger partial charge >= 0.3 is 0 Å². The number of nitrogens with one attached hydrogen (secondary N) is 2. The van der Waals surface area contributed by atoms with Crippen LogP contribution in [0.3, 0.4) is 0 Å². The normalized spacial score (nSPS) is 16.3. The average Bonchev–Trinajstić information content (AvgIpc) is 2.60. The lowest BCUT2D eigenvalue weighted by Gasteiger charge is -2.33. The third-order valence-electron chi connectivity index (χ3n) is 4.27. The summed E-state index contributed by atoms with van der Waals surface area (Å²) in [7, 11) is 1.70. The zero-order valence-corrected chi connectivity index (χ0v) is 15.0. The van der Waals surface area contributed by atoms with E-state index in [0.29, 0.717) is 23.1 Å². The van der Waals surface area contributed by atoms with Crippen LogP contribution in [0.25, 0.3) is 0 Å². The van der Waals surface area contributed by atoms with Gasteiger partial charge in [0, 0.05) is 44.8 Å². The summed E-state index contributed by atoms with van der Waals surface area (Å²) in [5, 5.41) is 15.5. The number of piperidine rings is 1. The standard InChI is InChI=1S/C19H26FN5/c1-14(2)13-25-8-6-17(7-9-25)24-19(22-3)23-12-16-10-15(11-21)4-5-18(16)20/h4-5,10,17H,1,6-9,12-13H2,2-3H3,(H2,22,23,24). The van der Waals surface area contributed by atoms with Crippen molar-refractivity contribution in [3.8, 4) is 6.07 Å². The summed E-state index contributed by atoms with van der Waals surface area (Å²) in [5.41, 5.74) is 2.09. The molecule has 1 aliphatic heterocycles. The Balaban J connectivity index is 1.84. The van der Waals surface area contributed by atoms with Gasteiger partial charge in [-0.2, -0.15) is 5.26 Å². The Hall–Kier alpha value is -2.39. The number of halogens is 1. The zero-order valence-electron chi connectivity index (χ0n) is 15.0. The van der Waals surface area contributed by atoms with E-state index in [1.54, 1.807) is 13.1 Å². The van der Waals surface area contributed by atoms with Gasteiger partial charge in [0.15, 0.2) is 5.96 Å². The summed E-state index contributed by atoms with van der Waals surface area (Å²) in [6.07, 6.45) is 2.07. The van der Waals surface area contributed by atoms with Crippen molar-refractivity contribution in [2.75, 3.05) is 26.7 Å². The predicted octanol–water partition coefficient (Wildman–Crippen LogP) is 2.40. The van der Waals surface area contributed by atoms with E-state index >= 15 is 0 Å². The van der Waals surface area contributed by atoms with Gasteiger partial charge in [0.05, 0.1) is 11.6 Å². The molecule has 0 spiro atoms. The molecule has 1 aromatic carbocycles. The van der Waals surface area contributed by atoms with E-state index in [-0.39, 0.29) is 12.4 Å². The fraction of sp³-hybridized carbons (Fsp3) is 0.474. The summed E-state index contributed by atoms with van der Waals surface area (Å²) in [4.78, 5) is 6.62. The zero-order chi connectivity index (χ0) is 18.2. The first-order chi connectivity index (χ1) is 12.0. The largest absolute Gasteiger partial charge is 0.354 e.